The van der Waals surface area contributed by atoms with E-state index >= 15 is 0 Å². The first-order chi connectivity index (χ1) is 10.7. The molecule has 0 aromatic heterocycles. The number of hydrogen-bond donors (Lipinski definition) is 1. The molecule has 6 heteroatoms. The molecule has 4 nitrogen and oxygen atoms in total. The van der Waals surface area contributed by atoms with E-state index in [9.17, 15) is 4.79 Å². The fourth-order valence-corrected chi connectivity index (χ4v) is 2.83. The molecule has 3 rings (SSSR count). The van der Waals surface area contributed by atoms with Gasteiger partial charge in [-0.3, -0.25) is 4.79 Å². The Morgan fingerprint density at radius 3 is 2.35 bits per heavy atom. The van der Waals surface area contributed by atoms with E-state index in [0.717, 1.165) is 24.7 Å². The average molecular weight is 336 g/mol. The van der Waals surface area contributed by atoms with Crippen molar-refractivity contribution >= 4 is 35.8 Å². The highest BCUT2D eigenvalue weighted by Gasteiger charge is 2.51. The maximum atomic E-state index is 12.2. The Labute approximate surface area is 143 Å². The number of carbonyl (C=O) groups excluding carboxylic acids is 1. The SMILES string of the molecule is CC1(C)OB(c2ccc(Cl)c(NC(=O)C3CCC3)c2)OC1(C)C. The van der Waals surface area contributed by atoms with Crippen LogP contribution in [0.3, 0.4) is 0 Å². The molecule has 1 aliphatic heterocycles. The summed E-state index contributed by atoms with van der Waals surface area (Å²) in [5, 5.41) is 3.46. The Morgan fingerprint density at radius 1 is 1.22 bits per heavy atom. The zero-order chi connectivity index (χ0) is 16.8. The van der Waals surface area contributed by atoms with Gasteiger partial charge in [-0.1, -0.05) is 24.1 Å². The third-order valence-electron chi connectivity index (χ3n) is 5.25. The topological polar surface area (TPSA) is 47.6 Å². The molecule has 1 aliphatic carbocycles. The van der Waals surface area contributed by atoms with Crippen molar-refractivity contribution in [3.8, 4) is 0 Å². The maximum Gasteiger partial charge on any atom is 0.494 e. The highest BCUT2D eigenvalue weighted by atomic mass is 35.5. The van der Waals surface area contributed by atoms with Crippen molar-refractivity contribution in [3.05, 3.63) is 23.2 Å². The van der Waals surface area contributed by atoms with E-state index in [-0.39, 0.29) is 11.8 Å². The predicted octanol–water partition coefficient (Wildman–Crippen LogP) is 3.38. The largest absolute Gasteiger partial charge is 0.494 e. The van der Waals surface area contributed by atoms with Gasteiger partial charge in [0.25, 0.3) is 0 Å². The lowest BCUT2D eigenvalue weighted by Crippen LogP contribution is -2.41. The quantitative estimate of drug-likeness (QED) is 0.862. The fourth-order valence-electron chi connectivity index (χ4n) is 2.67. The molecule has 1 aromatic rings. The fraction of sp³-hybridized carbons (Fsp3) is 0.588. The number of rotatable bonds is 3. The van der Waals surface area contributed by atoms with E-state index < -0.39 is 18.3 Å². The Hall–Kier alpha value is -1.04. The van der Waals surface area contributed by atoms with Gasteiger partial charge in [-0.2, -0.15) is 0 Å². The van der Waals surface area contributed by atoms with Crippen LogP contribution in [-0.2, 0) is 14.1 Å². The second kappa shape index (κ2) is 5.80. The van der Waals surface area contributed by atoms with E-state index in [4.69, 9.17) is 20.9 Å². The Balaban J connectivity index is 1.79. The van der Waals surface area contributed by atoms with E-state index in [1.165, 1.54) is 0 Å². The Kier molecular flexibility index (Phi) is 4.24. The van der Waals surface area contributed by atoms with Gasteiger partial charge < -0.3 is 14.6 Å². The van der Waals surface area contributed by atoms with Crippen LogP contribution in [0.4, 0.5) is 5.69 Å². The number of hydrogen-bond acceptors (Lipinski definition) is 3. The van der Waals surface area contributed by atoms with Gasteiger partial charge in [0.05, 0.1) is 21.9 Å². The van der Waals surface area contributed by atoms with Crippen molar-refractivity contribution in [1.29, 1.82) is 0 Å². The minimum absolute atomic E-state index is 0.0456. The number of benzene rings is 1. The molecule has 1 aromatic carbocycles. The smallest absolute Gasteiger partial charge is 0.399 e. The number of nitrogens with one attached hydrogen (secondary N) is 1. The molecule has 1 N–H and O–H groups in total. The molecule has 124 valence electrons. The van der Waals surface area contributed by atoms with Gasteiger partial charge >= 0.3 is 7.12 Å². The van der Waals surface area contributed by atoms with Gasteiger partial charge in [-0.15, -0.1) is 0 Å². The van der Waals surface area contributed by atoms with E-state index in [2.05, 4.69) is 5.32 Å². The predicted molar refractivity (Wildman–Crippen MR) is 93.1 cm³/mol. The Morgan fingerprint density at radius 2 is 1.83 bits per heavy atom. The maximum absolute atomic E-state index is 12.2. The summed E-state index contributed by atoms with van der Waals surface area (Å²) < 4.78 is 12.1. The molecule has 0 spiro atoms. The summed E-state index contributed by atoms with van der Waals surface area (Å²) in [5.41, 5.74) is 0.687. The van der Waals surface area contributed by atoms with Crippen molar-refractivity contribution < 1.29 is 14.1 Å². The number of amides is 1. The van der Waals surface area contributed by atoms with Gasteiger partial charge in [0.1, 0.15) is 0 Å². The second-order valence-corrected chi connectivity index (χ2v) is 7.85. The standard InChI is InChI=1S/C17H23BClNO3/c1-16(2)17(3,4)23-18(22-16)12-8-9-13(19)14(10-12)20-15(21)11-6-5-7-11/h8-11H,5-7H2,1-4H3,(H,20,21). The van der Waals surface area contributed by atoms with Crippen molar-refractivity contribution in [2.45, 2.75) is 58.2 Å². The van der Waals surface area contributed by atoms with Crippen molar-refractivity contribution in [3.63, 3.8) is 0 Å². The summed E-state index contributed by atoms with van der Waals surface area (Å²) in [6, 6.07) is 5.50. The summed E-state index contributed by atoms with van der Waals surface area (Å²) in [6.07, 6.45) is 3.04. The molecule has 0 unspecified atom stereocenters. The van der Waals surface area contributed by atoms with Gasteiger partial charge in [-0.25, -0.2) is 0 Å². The highest BCUT2D eigenvalue weighted by Crippen LogP contribution is 2.37. The second-order valence-electron chi connectivity index (χ2n) is 7.44. The lowest BCUT2D eigenvalue weighted by molar-refractivity contribution is -0.122. The molecule has 0 bridgehead atoms. The van der Waals surface area contributed by atoms with Crippen LogP contribution in [0.2, 0.25) is 5.02 Å². The van der Waals surface area contributed by atoms with E-state index in [1.54, 1.807) is 6.07 Å². The van der Waals surface area contributed by atoms with Crippen LogP contribution in [-0.4, -0.2) is 24.2 Å². The number of halogens is 1. The molecule has 2 aliphatic rings. The first-order valence-electron chi connectivity index (χ1n) is 8.15. The molecule has 2 fully saturated rings. The van der Waals surface area contributed by atoms with Crippen LogP contribution in [0.5, 0.6) is 0 Å². The number of carbonyl (C=O) groups is 1. The summed E-state index contributed by atoms with van der Waals surface area (Å²) in [7, 11) is -0.461. The first-order valence-corrected chi connectivity index (χ1v) is 8.53. The van der Waals surface area contributed by atoms with Gasteiger partial charge in [0, 0.05) is 5.92 Å². The van der Waals surface area contributed by atoms with Gasteiger partial charge in [0.2, 0.25) is 5.91 Å². The summed E-state index contributed by atoms with van der Waals surface area (Å²) >= 11 is 6.23. The first kappa shape index (κ1) is 16.8. The molecule has 1 amide bonds. The third-order valence-corrected chi connectivity index (χ3v) is 5.58. The zero-order valence-electron chi connectivity index (χ0n) is 14.1. The zero-order valence-corrected chi connectivity index (χ0v) is 14.9. The average Bonchev–Trinajstić information content (AvgIpc) is 2.59. The Bertz CT molecular complexity index is 612. The van der Waals surface area contributed by atoms with E-state index in [0.29, 0.717) is 10.7 Å². The molecule has 0 atom stereocenters. The molecule has 23 heavy (non-hydrogen) atoms. The van der Waals surface area contributed by atoms with Crippen LogP contribution in [0.15, 0.2) is 18.2 Å². The minimum atomic E-state index is -0.461. The summed E-state index contributed by atoms with van der Waals surface area (Å²) in [6.45, 7) is 8.06. The molecule has 1 saturated heterocycles. The van der Waals surface area contributed by atoms with Crippen LogP contribution in [0.25, 0.3) is 0 Å². The molecular weight excluding hydrogens is 312 g/mol. The van der Waals surface area contributed by atoms with Crippen molar-refractivity contribution in [1.82, 2.24) is 0 Å². The molecular formula is C17H23BClNO3. The van der Waals surface area contributed by atoms with E-state index in [1.807, 2.05) is 39.8 Å². The molecule has 1 heterocycles. The van der Waals surface area contributed by atoms with Crippen molar-refractivity contribution in [2.24, 2.45) is 5.92 Å². The van der Waals surface area contributed by atoms with Crippen LogP contribution in [0, 0.1) is 5.92 Å². The van der Waals surface area contributed by atoms with Gasteiger partial charge in [-0.05, 0) is 58.1 Å². The lowest BCUT2D eigenvalue weighted by atomic mass is 9.79. The van der Waals surface area contributed by atoms with Crippen LogP contribution >= 0.6 is 11.6 Å². The summed E-state index contributed by atoms with van der Waals surface area (Å²) in [5.74, 6) is 0.163. The number of anilines is 1. The minimum Gasteiger partial charge on any atom is -0.399 e. The monoisotopic (exact) mass is 335 g/mol. The normalized spacial score (nSPS) is 22.7. The third kappa shape index (κ3) is 3.15. The van der Waals surface area contributed by atoms with Gasteiger partial charge in [0.15, 0.2) is 0 Å². The van der Waals surface area contributed by atoms with Crippen LogP contribution < -0.4 is 10.8 Å². The van der Waals surface area contributed by atoms with Crippen LogP contribution in [0.1, 0.15) is 47.0 Å². The van der Waals surface area contributed by atoms with Crippen molar-refractivity contribution in [2.75, 3.05) is 5.32 Å². The highest BCUT2D eigenvalue weighted by molar-refractivity contribution is 6.62. The molecule has 0 radical (unpaired) electrons. The lowest BCUT2D eigenvalue weighted by Gasteiger charge is -2.32. The molecule has 1 saturated carbocycles. The summed E-state index contributed by atoms with van der Waals surface area (Å²) in [4.78, 5) is 12.2.